The molecule has 1 aromatic rings. The molecule has 2 aliphatic rings. The summed E-state index contributed by atoms with van der Waals surface area (Å²) >= 11 is 0. The van der Waals surface area contributed by atoms with E-state index in [-0.39, 0.29) is 11.5 Å². The zero-order valence-electron chi connectivity index (χ0n) is 12.9. The number of hydrogen-bond donors (Lipinski definition) is 1. The first-order chi connectivity index (χ1) is 9.47. The predicted octanol–water partition coefficient (Wildman–Crippen LogP) is 3.50. The molecule has 2 fully saturated rings. The fraction of sp³-hybridized carbons (Fsp3) is 0.750. The van der Waals surface area contributed by atoms with Gasteiger partial charge in [-0.2, -0.15) is 0 Å². The van der Waals surface area contributed by atoms with Gasteiger partial charge in [-0.1, -0.05) is 20.8 Å². The van der Waals surface area contributed by atoms with Crippen LogP contribution in [0.15, 0.2) is 12.4 Å². The minimum absolute atomic E-state index is 0.265. The van der Waals surface area contributed by atoms with E-state index >= 15 is 0 Å². The number of anilines is 1. The highest BCUT2D eigenvalue weighted by atomic mass is 16.5. The molecule has 2 saturated carbocycles. The monoisotopic (exact) mass is 275 g/mol. The third-order valence-electron chi connectivity index (χ3n) is 5.98. The number of ether oxygens (including phenoxy) is 1. The van der Waals surface area contributed by atoms with Crippen molar-refractivity contribution in [2.75, 3.05) is 11.9 Å². The van der Waals surface area contributed by atoms with Crippen LogP contribution in [0.4, 0.5) is 5.82 Å². The molecule has 0 aliphatic heterocycles. The highest BCUT2D eigenvalue weighted by Crippen LogP contribution is 2.66. The van der Waals surface area contributed by atoms with Crippen molar-refractivity contribution in [1.29, 1.82) is 0 Å². The Balaban J connectivity index is 1.78. The molecule has 4 heteroatoms. The molecule has 0 saturated heterocycles. The third-order valence-corrected chi connectivity index (χ3v) is 5.98. The van der Waals surface area contributed by atoms with Crippen LogP contribution in [-0.4, -0.2) is 22.6 Å². The van der Waals surface area contributed by atoms with Gasteiger partial charge in [0.2, 0.25) is 5.88 Å². The normalized spacial score (nSPS) is 34.2. The molecular formula is C16H25N3O. The Bertz CT molecular complexity index is 502. The van der Waals surface area contributed by atoms with E-state index in [0.29, 0.717) is 11.3 Å². The molecule has 0 aromatic carbocycles. The molecular weight excluding hydrogens is 250 g/mol. The molecule has 3 unspecified atom stereocenters. The number of aromatic nitrogens is 2. The molecule has 2 aliphatic carbocycles. The summed E-state index contributed by atoms with van der Waals surface area (Å²) in [4.78, 5) is 8.47. The number of nitrogens with one attached hydrogen (secondary N) is 1. The van der Waals surface area contributed by atoms with Crippen molar-refractivity contribution in [2.24, 2.45) is 16.7 Å². The lowest BCUT2D eigenvalue weighted by molar-refractivity contribution is 0.0273. The van der Waals surface area contributed by atoms with Gasteiger partial charge in [0.25, 0.3) is 0 Å². The highest BCUT2D eigenvalue weighted by Gasteiger charge is 2.62. The van der Waals surface area contributed by atoms with Crippen molar-refractivity contribution < 1.29 is 4.74 Å². The Hall–Kier alpha value is -1.32. The largest absolute Gasteiger partial charge is 0.474 e. The third kappa shape index (κ3) is 1.88. The van der Waals surface area contributed by atoms with Crippen molar-refractivity contribution in [3.05, 3.63) is 12.4 Å². The second kappa shape index (κ2) is 4.61. The van der Waals surface area contributed by atoms with Crippen LogP contribution in [0.2, 0.25) is 0 Å². The number of hydrogen-bond acceptors (Lipinski definition) is 4. The average molecular weight is 275 g/mol. The maximum absolute atomic E-state index is 6.24. The van der Waals surface area contributed by atoms with E-state index in [2.05, 4.69) is 43.0 Å². The summed E-state index contributed by atoms with van der Waals surface area (Å²) in [5.41, 5.74) is 0.635. The van der Waals surface area contributed by atoms with Gasteiger partial charge >= 0.3 is 0 Å². The molecule has 1 heterocycles. The van der Waals surface area contributed by atoms with Gasteiger partial charge in [0.15, 0.2) is 0 Å². The van der Waals surface area contributed by atoms with Gasteiger partial charge in [-0.25, -0.2) is 9.97 Å². The summed E-state index contributed by atoms with van der Waals surface area (Å²) in [6.07, 6.45) is 5.62. The van der Waals surface area contributed by atoms with Crippen LogP contribution in [0.1, 0.15) is 47.0 Å². The van der Waals surface area contributed by atoms with Crippen LogP contribution in [0.3, 0.4) is 0 Å². The molecule has 3 atom stereocenters. The molecule has 4 nitrogen and oxygen atoms in total. The van der Waals surface area contributed by atoms with Gasteiger partial charge in [0, 0.05) is 18.0 Å². The second-order valence-electron chi connectivity index (χ2n) is 6.99. The molecule has 20 heavy (non-hydrogen) atoms. The quantitative estimate of drug-likeness (QED) is 0.913. The van der Waals surface area contributed by atoms with Gasteiger partial charge in [-0.15, -0.1) is 0 Å². The van der Waals surface area contributed by atoms with E-state index in [0.717, 1.165) is 24.7 Å². The van der Waals surface area contributed by atoms with Crippen molar-refractivity contribution in [3.8, 4) is 5.88 Å². The zero-order valence-corrected chi connectivity index (χ0v) is 12.9. The molecule has 1 N–H and O–H groups in total. The molecule has 0 spiro atoms. The highest BCUT2D eigenvalue weighted by molar-refractivity contribution is 5.37. The molecule has 3 rings (SSSR count). The summed E-state index contributed by atoms with van der Waals surface area (Å²) in [6.45, 7) is 10.1. The number of nitrogens with zero attached hydrogens (tertiary/aromatic N) is 2. The summed E-state index contributed by atoms with van der Waals surface area (Å²) < 4.78 is 6.24. The van der Waals surface area contributed by atoms with Crippen molar-refractivity contribution in [2.45, 2.75) is 53.1 Å². The summed E-state index contributed by atoms with van der Waals surface area (Å²) in [5, 5.41) is 3.20. The molecule has 110 valence electrons. The summed E-state index contributed by atoms with van der Waals surface area (Å²) in [5.74, 6) is 2.32. The van der Waals surface area contributed by atoms with E-state index in [4.69, 9.17) is 4.74 Å². The van der Waals surface area contributed by atoms with E-state index in [1.54, 1.807) is 6.33 Å². The van der Waals surface area contributed by atoms with Crippen molar-refractivity contribution >= 4 is 5.82 Å². The molecule has 0 amide bonds. The Labute approximate surface area is 121 Å². The number of rotatable bonds is 4. The van der Waals surface area contributed by atoms with Crippen LogP contribution >= 0.6 is 0 Å². The lowest BCUT2D eigenvalue weighted by atomic mass is 9.70. The smallest absolute Gasteiger partial charge is 0.218 e. The maximum atomic E-state index is 6.24. The van der Waals surface area contributed by atoms with E-state index in [9.17, 15) is 0 Å². The van der Waals surface area contributed by atoms with E-state index in [1.165, 1.54) is 12.8 Å². The Morgan fingerprint density at radius 2 is 2.15 bits per heavy atom. The van der Waals surface area contributed by atoms with Crippen LogP contribution in [0.5, 0.6) is 5.88 Å². The van der Waals surface area contributed by atoms with Gasteiger partial charge < -0.3 is 10.1 Å². The van der Waals surface area contributed by atoms with Crippen molar-refractivity contribution in [3.63, 3.8) is 0 Å². The number of fused-ring (bicyclic) bond motifs is 2. The minimum atomic E-state index is 0.265. The predicted molar refractivity (Wildman–Crippen MR) is 79.8 cm³/mol. The van der Waals surface area contributed by atoms with E-state index < -0.39 is 0 Å². The first-order valence-corrected chi connectivity index (χ1v) is 7.70. The SMILES string of the molecule is CCNc1cc(OC2CC3CCC2(C)C3(C)C)ncn1. The van der Waals surface area contributed by atoms with Crippen molar-refractivity contribution in [1.82, 2.24) is 9.97 Å². The molecule has 2 bridgehead atoms. The standard InChI is InChI=1S/C16H25N3O/c1-5-17-13-9-14(19-10-18-13)20-12-8-11-6-7-16(12,4)15(11,2)3/h9-12H,5-8H2,1-4H3,(H,17,18,19). The van der Waals surface area contributed by atoms with Crippen LogP contribution in [0, 0.1) is 16.7 Å². The summed E-state index contributed by atoms with van der Waals surface area (Å²) in [6, 6.07) is 1.91. The first kappa shape index (κ1) is 13.7. The van der Waals surface area contributed by atoms with Gasteiger partial charge in [-0.05, 0) is 37.5 Å². The second-order valence-corrected chi connectivity index (χ2v) is 6.99. The maximum Gasteiger partial charge on any atom is 0.218 e. The first-order valence-electron chi connectivity index (χ1n) is 7.70. The minimum Gasteiger partial charge on any atom is -0.474 e. The van der Waals surface area contributed by atoms with E-state index in [1.807, 2.05) is 6.07 Å². The van der Waals surface area contributed by atoms with Crippen LogP contribution in [0.25, 0.3) is 0 Å². The van der Waals surface area contributed by atoms with Crippen LogP contribution < -0.4 is 10.1 Å². The fourth-order valence-electron chi connectivity index (χ4n) is 4.14. The van der Waals surface area contributed by atoms with Gasteiger partial charge in [0.1, 0.15) is 18.2 Å². The zero-order chi connectivity index (χ0) is 14.4. The molecule has 1 aromatic heterocycles. The Morgan fingerprint density at radius 1 is 1.35 bits per heavy atom. The average Bonchev–Trinajstić information content (AvgIpc) is 2.73. The fourth-order valence-corrected chi connectivity index (χ4v) is 4.14. The lowest BCUT2D eigenvalue weighted by Crippen LogP contribution is -2.39. The van der Waals surface area contributed by atoms with Gasteiger partial charge in [-0.3, -0.25) is 0 Å². The topological polar surface area (TPSA) is 47.0 Å². The van der Waals surface area contributed by atoms with Crippen LogP contribution in [-0.2, 0) is 0 Å². The molecule has 0 radical (unpaired) electrons. The lowest BCUT2D eigenvalue weighted by Gasteiger charge is -2.38. The Kier molecular flexibility index (Phi) is 3.14. The Morgan fingerprint density at radius 3 is 2.75 bits per heavy atom. The summed E-state index contributed by atoms with van der Waals surface area (Å²) in [7, 11) is 0. The van der Waals surface area contributed by atoms with Gasteiger partial charge in [0.05, 0.1) is 0 Å².